The molecule has 1 heterocycles. The van der Waals surface area contributed by atoms with Gasteiger partial charge in [0.1, 0.15) is 6.61 Å². The van der Waals surface area contributed by atoms with Crippen molar-refractivity contribution in [2.24, 2.45) is 11.8 Å². The van der Waals surface area contributed by atoms with Crippen LogP contribution in [0.3, 0.4) is 0 Å². The fraction of sp³-hybridized carbons (Fsp3) is 0.370. The van der Waals surface area contributed by atoms with E-state index in [2.05, 4.69) is 29.6 Å². The van der Waals surface area contributed by atoms with Gasteiger partial charge in [-0.2, -0.15) is 0 Å². The molecule has 4 rings (SSSR count). The van der Waals surface area contributed by atoms with E-state index in [1.807, 2.05) is 31.2 Å². The Bertz CT molecular complexity index is 1080. The molecule has 2 aliphatic rings. The maximum atomic E-state index is 12.7. The van der Waals surface area contributed by atoms with E-state index in [-0.39, 0.29) is 37.4 Å². The molecule has 1 aliphatic carbocycles. The van der Waals surface area contributed by atoms with Crippen molar-refractivity contribution in [1.82, 2.24) is 10.2 Å². The van der Waals surface area contributed by atoms with Crippen LogP contribution in [-0.4, -0.2) is 54.2 Å². The molecule has 7 nitrogen and oxygen atoms in total. The molecule has 2 aromatic carbocycles. The van der Waals surface area contributed by atoms with Gasteiger partial charge in [0.15, 0.2) is 0 Å². The minimum atomic E-state index is -0.872. The number of piperidine rings is 1. The number of hydrogen-bond acceptors (Lipinski definition) is 4. The van der Waals surface area contributed by atoms with Gasteiger partial charge in [0.2, 0.25) is 5.91 Å². The Labute approximate surface area is 199 Å². The maximum absolute atomic E-state index is 12.7. The second-order valence-corrected chi connectivity index (χ2v) is 9.18. The molecule has 2 amide bonds. The summed E-state index contributed by atoms with van der Waals surface area (Å²) in [5.41, 5.74) is 5.10. The molecule has 0 radical (unpaired) electrons. The van der Waals surface area contributed by atoms with E-state index in [4.69, 9.17) is 4.74 Å². The predicted octanol–water partition coefficient (Wildman–Crippen LogP) is 4.04. The second kappa shape index (κ2) is 10.1. The highest BCUT2D eigenvalue weighted by Gasteiger charge is 2.32. The minimum Gasteiger partial charge on any atom is -0.481 e. The first-order valence-electron chi connectivity index (χ1n) is 11.6. The Morgan fingerprint density at radius 1 is 1.06 bits per heavy atom. The highest BCUT2D eigenvalue weighted by atomic mass is 16.5. The van der Waals surface area contributed by atoms with Gasteiger partial charge in [-0.05, 0) is 41.5 Å². The molecule has 34 heavy (non-hydrogen) atoms. The van der Waals surface area contributed by atoms with Crippen LogP contribution in [0.1, 0.15) is 37.3 Å². The van der Waals surface area contributed by atoms with Crippen molar-refractivity contribution >= 4 is 18.0 Å². The van der Waals surface area contributed by atoms with Gasteiger partial charge in [0, 0.05) is 31.1 Å². The number of ether oxygens (including phenoxy) is 1. The topological polar surface area (TPSA) is 95.9 Å². The van der Waals surface area contributed by atoms with Crippen LogP contribution in [-0.2, 0) is 14.3 Å². The summed E-state index contributed by atoms with van der Waals surface area (Å²) in [6.45, 7) is 4.75. The molecule has 0 saturated carbocycles. The van der Waals surface area contributed by atoms with Gasteiger partial charge in [-0.1, -0.05) is 61.5 Å². The Balaban J connectivity index is 1.30. The summed E-state index contributed by atoms with van der Waals surface area (Å²) < 4.78 is 5.51. The molecule has 2 atom stereocenters. The molecule has 0 spiro atoms. The SMILES string of the molecule is C/C(=C\CNC(=O)OCC1c2ccccc2-c2ccccc21)C(=O)N1CC(C)CC(C(=O)O)C1. The number of carbonyl (C=O) groups is 3. The number of carbonyl (C=O) groups excluding carboxylic acids is 2. The largest absolute Gasteiger partial charge is 0.481 e. The van der Waals surface area contributed by atoms with Crippen LogP contribution in [0.15, 0.2) is 60.2 Å². The van der Waals surface area contributed by atoms with Crippen LogP contribution < -0.4 is 5.32 Å². The Hall–Kier alpha value is -3.61. The lowest BCUT2D eigenvalue weighted by Crippen LogP contribution is -2.45. The van der Waals surface area contributed by atoms with Gasteiger partial charge in [0.25, 0.3) is 0 Å². The van der Waals surface area contributed by atoms with Crippen LogP contribution in [0.5, 0.6) is 0 Å². The summed E-state index contributed by atoms with van der Waals surface area (Å²) in [4.78, 5) is 38.0. The van der Waals surface area contributed by atoms with E-state index < -0.39 is 18.0 Å². The number of carboxylic acid groups (broad SMARTS) is 1. The van der Waals surface area contributed by atoms with E-state index >= 15 is 0 Å². The number of hydrogen-bond donors (Lipinski definition) is 2. The molecule has 7 heteroatoms. The van der Waals surface area contributed by atoms with Gasteiger partial charge in [-0.15, -0.1) is 0 Å². The normalized spacial score (nSPS) is 19.8. The third kappa shape index (κ3) is 4.98. The molecule has 1 fully saturated rings. The molecule has 178 valence electrons. The molecule has 0 aromatic heterocycles. The molecular formula is C27H30N2O5. The van der Waals surface area contributed by atoms with Crippen molar-refractivity contribution < 1.29 is 24.2 Å². The van der Waals surface area contributed by atoms with Gasteiger partial charge in [-0.25, -0.2) is 4.79 Å². The summed E-state index contributed by atoms with van der Waals surface area (Å²) in [6, 6.07) is 16.3. The number of carboxylic acids is 1. The number of alkyl carbamates (subject to hydrolysis) is 1. The van der Waals surface area contributed by atoms with Gasteiger partial charge >= 0.3 is 12.1 Å². The van der Waals surface area contributed by atoms with Crippen molar-refractivity contribution in [3.63, 3.8) is 0 Å². The van der Waals surface area contributed by atoms with E-state index in [1.54, 1.807) is 17.9 Å². The predicted molar refractivity (Wildman–Crippen MR) is 128 cm³/mol. The second-order valence-electron chi connectivity index (χ2n) is 9.18. The average molecular weight is 463 g/mol. The van der Waals surface area contributed by atoms with Crippen LogP contribution >= 0.6 is 0 Å². The molecular weight excluding hydrogens is 432 g/mol. The number of fused-ring (bicyclic) bond motifs is 3. The molecule has 2 aromatic rings. The summed E-state index contributed by atoms with van der Waals surface area (Å²) in [6.07, 6.45) is 1.67. The van der Waals surface area contributed by atoms with Gasteiger partial charge in [-0.3, -0.25) is 9.59 Å². The number of nitrogens with one attached hydrogen (secondary N) is 1. The number of rotatable bonds is 6. The van der Waals surface area contributed by atoms with Crippen LogP contribution in [0, 0.1) is 11.8 Å². The third-order valence-electron chi connectivity index (χ3n) is 6.63. The highest BCUT2D eigenvalue weighted by Crippen LogP contribution is 2.44. The van der Waals surface area contributed by atoms with E-state index in [0.717, 1.165) is 11.1 Å². The Morgan fingerprint density at radius 2 is 1.68 bits per heavy atom. The lowest BCUT2D eigenvalue weighted by Gasteiger charge is -2.34. The zero-order chi connectivity index (χ0) is 24.2. The van der Waals surface area contributed by atoms with E-state index in [9.17, 15) is 19.5 Å². The zero-order valence-electron chi connectivity index (χ0n) is 19.5. The summed E-state index contributed by atoms with van der Waals surface area (Å²) in [5.74, 6) is -1.50. The quantitative estimate of drug-likeness (QED) is 0.632. The highest BCUT2D eigenvalue weighted by molar-refractivity contribution is 5.93. The van der Waals surface area contributed by atoms with Crippen LogP contribution in [0.25, 0.3) is 11.1 Å². The lowest BCUT2D eigenvalue weighted by molar-refractivity contribution is -0.146. The van der Waals surface area contributed by atoms with Crippen molar-refractivity contribution in [2.45, 2.75) is 26.2 Å². The van der Waals surface area contributed by atoms with Crippen molar-refractivity contribution in [1.29, 1.82) is 0 Å². The smallest absolute Gasteiger partial charge is 0.407 e. The molecule has 1 aliphatic heterocycles. The fourth-order valence-electron chi connectivity index (χ4n) is 4.97. The first-order valence-corrected chi connectivity index (χ1v) is 11.6. The van der Waals surface area contributed by atoms with Gasteiger partial charge < -0.3 is 20.1 Å². The number of amides is 2. The first kappa shape index (κ1) is 23.5. The molecule has 2 N–H and O–H groups in total. The maximum Gasteiger partial charge on any atom is 0.407 e. The van der Waals surface area contributed by atoms with E-state index in [1.165, 1.54) is 11.1 Å². The molecule has 1 saturated heterocycles. The zero-order valence-corrected chi connectivity index (χ0v) is 19.5. The summed E-state index contributed by atoms with van der Waals surface area (Å²) in [5, 5.41) is 12.0. The Morgan fingerprint density at radius 3 is 2.29 bits per heavy atom. The standard InChI is InChI=1S/C27H30N2O5/c1-17-13-19(26(31)32)15-29(14-17)25(30)18(2)11-12-28-27(33)34-16-24-22-9-5-3-7-20(22)21-8-4-6-10-23(21)24/h3-11,17,19,24H,12-16H2,1-2H3,(H,28,33)(H,31,32)/b18-11+. The average Bonchev–Trinajstić information content (AvgIpc) is 3.15. The fourth-order valence-corrected chi connectivity index (χ4v) is 4.97. The van der Waals surface area contributed by atoms with Crippen LogP contribution in [0.4, 0.5) is 4.79 Å². The van der Waals surface area contributed by atoms with Crippen molar-refractivity contribution in [2.75, 3.05) is 26.2 Å². The number of likely N-dealkylation sites (tertiary alicyclic amines) is 1. The first-order chi connectivity index (χ1) is 16.3. The third-order valence-corrected chi connectivity index (χ3v) is 6.63. The van der Waals surface area contributed by atoms with Crippen molar-refractivity contribution in [3.8, 4) is 11.1 Å². The van der Waals surface area contributed by atoms with Gasteiger partial charge in [0.05, 0.1) is 5.92 Å². The number of nitrogens with zero attached hydrogens (tertiary/aromatic N) is 1. The molecule has 0 bridgehead atoms. The lowest BCUT2D eigenvalue weighted by atomic mass is 9.90. The summed E-state index contributed by atoms with van der Waals surface area (Å²) in [7, 11) is 0. The van der Waals surface area contributed by atoms with Crippen molar-refractivity contribution in [3.05, 3.63) is 71.3 Å². The molecule has 2 unspecified atom stereocenters. The number of benzene rings is 2. The monoisotopic (exact) mass is 462 g/mol. The minimum absolute atomic E-state index is 0.0136. The van der Waals surface area contributed by atoms with E-state index in [0.29, 0.717) is 18.5 Å². The van der Waals surface area contributed by atoms with Crippen LogP contribution in [0.2, 0.25) is 0 Å². The Kier molecular flexibility index (Phi) is 7.01. The number of aliphatic carboxylic acids is 1. The summed E-state index contributed by atoms with van der Waals surface area (Å²) >= 11 is 0.